The molecule has 1 heterocycles. The average molecular weight is 208 g/mol. The van der Waals surface area contributed by atoms with Gasteiger partial charge in [-0.05, 0) is 0 Å². The van der Waals surface area contributed by atoms with Gasteiger partial charge in [-0.25, -0.2) is 4.79 Å². The number of rotatable bonds is 2. The van der Waals surface area contributed by atoms with Crippen molar-refractivity contribution >= 4 is 10.4 Å². The average Bonchev–Trinajstić information content (AvgIpc) is 1.93. The summed E-state index contributed by atoms with van der Waals surface area (Å²) < 4.78 is 32.3. The standard InChI is InChI=1S/C4H4N2O6S/c7-3-1-2-6(4(8)5-3)12-13(9,10)11/h1-2H,(H,5,7,8)(H,9,10,11). The van der Waals surface area contributed by atoms with Gasteiger partial charge in [-0.1, -0.05) is 0 Å². The summed E-state index contributed by atoms with van der Waals surface area (Å²) in [6, 6.07) is 0.854. The molecule has 2 N–H and O–H groups in total. The fourth-order valence-electron chi connectivity index (χ4n) is 0.565. The highest BCUT2D eigenvalue weighted by atomic mass is 32.3. The Bertz CT molecular complexity index is 510. The first-order valence-corrected chi connectivity index (χ1v) is 4.24. The predicted molar refractivity (Wildman–Crippen MR) is 39.5 cm³/mol. The van der Waals surface area contributed by atoms with Crippen LogP contribution in [0.2, 0.25) is 0 Å². The molecule has 0 spiro atoms. The molecule has 1 aromatic rings. The second-order valence-corrected chi connectivity index (χ2v) is 2.94. The number of hydrogen-bond donors (Lipinski definition) is 2. The van der Waals surface area contributed by atoms with Gasteiger partial charge in [0.1, 0.15) is 0 Å². The van der Waals surface area contributed by atoms with Crippen LogP contribution < -0.4 is 15.5 Å². The lowest BCUT2D eigenvalue weighted by Crippen LogP contribution is -2.35. The van der Waals surface area contributed by atoms with Crippen molar-refractivity contribution in [1.82, 2.24) is 9.71 Å². The Morgan fingerprint density at radius 2 is 2.08 bits per heavy atom. The molecule has 0 atom stereocenters. The molecule has 0 aliphatic carbocycles. The molecule has 8 nitrogen and oxygen atoms in total. The molecule has 72 valence electrons. The van der Waals surface area contributed by atoms with Crippen LogP contribution in [0, 0.1) is 0 Å². The molecule has 1 aromatic heterocycles. The fourth-order valence-corrected chi connectivity index (χ4v) is 0.886. The Hall–Kier alpha value is -1.61. The van der Waals surface area contributed by atoms with Crippen LogP contribution in [0.5, 0.6) is 0 Å². The lowest BCUT2D eigenvalue weighted by Gasteiger charge is -2.00. The van der Waals surface area contributed by atoms with E-state index in [-0.39, 0.29) is 4.73 Å². The highest BCUT2D eigenvalue weighted by Gasteiger charge is 2.07. The maximum Gasteiger partial charge on any atom is 0.465 e. The molecule has 0 aromatic carbocycles. The summed E-state index contributed by atoms with van der Waals surface area (Å²) >= 11 is 0. The SMILES string of the molecule is O=c1ccn(OS(=O)(=O)O)c(=O)[nH]1. The van der Waals surface area contributed by atoms with E-state index in [1.807, 2.05) is 0 Å². The first-order chi connectivity index (χ1) is 5.88. The second-order valence-electron chi connectivity index (χ2n) is 1.94. The van der Waals surface area contributed by atoms with Crippen molar-refractivity contribution in [3.63, 3.8) is 0 Å². The van der Waals surface area contributed by atoms with Crippen molar-refractivity contribution < 1.29 is 17.3 Å². The number of nitrogens with one attached hydrogen (secondary N) is 1. The van der Waals surface area contributed by atoms with Crippen LogP contribution in [0.25, 0.3) is 0 Å². The largest absolute Gasteiger partial charge is 0.465 e. The molecule has 0 bridgehead atoms. The highest BCUT2D eigenvalue weighted by molar-refractivity contribution is 7.81. The summed E-state index contributed by atoms with van der Waals surface area (Å²) in [7, 11) is -4.77. The summed E-state index contributed by atoms with van der Waals surface area (Å²) in [6.45, 7) is 0. The molecule has 0 radical (unpaired) electrons. The van der Waals surface area contributed by atoms with Crippen molar-refractivity contribution in [2.24, 2.45) is 0 Å². The molecule has 0 aliphatic heterocycles. The lowest BCUT2D eigenvalue weighted by molar-refractivity contribution is 0.225. The third kappa shape index (κ3) is 2.72. The Morgan fingerprint density at radius 1 is 1.46 bits per heavy atom. The monoisotopic (exact) mass is 208 g/mol. The summed E-state index contributed by atoms with van der Waals surface area (Å²) in [5.41, 5.74) is -1.81. The zero-order chi connectivity index (χ0) is 10.1. The Morgan fingerprint density at radius 3 is 2.54 bits per heavy atom. The van der Waals surface area contributed by atoms with Crippen LogP contribution in [0.3, 0.4) is 0 Å². The smallest absolute Gasteiger partial charge is 0.271 e. The van der Waals surface area contributed by atoms with E-state index in [1.54, 1.807) is 4.98 Å². The molecule has 0 saturated heterocycles. The van der Waals surface area contributed by atoms with E-state index < -0.39 is 21.6 Å². The molecule has 0 saturated carbocycles. The van der Waals surface area contributed by atoms with E-state index in [0.29, 0.717) is 0 Å². The Balaban J connectivity index is 3.19. The minimum absolute atomic E-state index is 0.163. The van der Waals surface area contributed by atoms with E-state index in [0.717, 1.165) is 12.3 Å². The molecular weight excluding hydrogens is 204 g/mol. The Labute approximate surface area is 71.3 Å². The van der Waals surface area contributed by atoms with E-state index in [9.17, 15) is 18.0 Å². The van der Waals surface area contributed by atoms with E-state index in [2.05, 4.69) is 4.28 Å². The number of aromatic amines is 1. The molecule has 0 fully saturated rings. The zero-order valence-corrected chi connectivity index (χ0v) is 6.82. The van der Waals surface area contributed by atoms with E-state index in [1.165, 1.54) is 0 Å². The van der Waals surface area contributed by atoms with Gasteiger partial charge >= 0.3 is 16.1 Å². The van der Waals surface area contributed by atoms with Crippen LogP contribution in [0.4, 0.5) is 0 Å². The summed E-state index contributed by atoms with van der Waals surface area (Å²) in [5, 5.41) is 0. The van der Waals surface area contributed by atoms with Crippen LogP contribution in [-0.2, 0) is 10.4 Å². The van der Waals surface area contributed by atoms with Gasteiger partial charge < -0.3 is 0 Å². The number of H-pyrrole nitrogens is 1. The quantitative estimate of drug-likeness (QED) is 0.531. The molecule has 0 amide bonds. The number of aromatic nitrogens is 2. The lowest BCUT2D eigenvalue weighted by atomic mass is 10.7. The normalized spacial score (nSPS) is 11.2. The minimum Gasteiger partial charge on any atom is -0.271 e. The number of hydrogen-bond acceptors (Lipinski definition) is 5. The molecular formula is C4H4N2O6S. The van der Waals surface area contributed by atoms with Crippen LogP contribution in [-0.4, -0.2) is 22.7 Å². The van der Waals surface area contributed by atoms with Gasteiger partial charge in [0.25, 0.3) is 5.56 Å². The van der Waals surface area contributed by atoms with E-state index >= 15 is 0 Å². The molecule has 1 rings (SSSR count). The molecule has 13 heavy (non-hydrogen) atoms. The molecule has 0 unspecified atom stereocenters. The summed E-state index contributed by atoms with van der Waals surface area (Å²) in [5.74, 6) is 0. The number of nitrogens with zero attached hydrogens (tertiary/aromatic N) is 1. The van der Waals surface area contributed by atoms with Crippen molar-refractivity contribution in [3.05, 3.63) is 33.1 Å². The molecule has 9 heteroatoms. The maximum atomic E-state index is 10.7. The molecule has 0 aliphatic rings. The van der Waals surface area contributed by atoms with Gasteiger partial charge in [0.05, 0.1) is 6.20 Å². The van der Waals surface area contributed by atoms with Crippen molar-refractivity contribution in [2.75, 3.05) is 0 Å². The van der Waals surface area contributed by atoms with Crippen LogP contribution >= 0.6 is 0 Å². The van der Waals surface area contributed by atoms with Crippen molar-refractivity contribution in [3.8, 4) is 0 Å². The van der Waals surface area contributed by atoms with Gasteiger partial charge in [0, 0.05) is 6.07 Å². The first-order valence-electron chi connectivity index (χ1n) is 2.88. The summed E-state index contributed by atoms with van der Waals surface area (Å²) in [6.07, 6.45) is 0.759. The maximum absolute atomic E-state index is 10.7. The summed E-state index contributed by atoms with van der Waals surface area (Å²) in [4.78, 5) is 22.9. The van der Waals surface area contributed by atoms with Gasteiger partial charge in [-0.2, -0.15) is 8.42 Å². The topological polar surface area (TPSA) is 118 Å². The van der Waals surface area contributed by atoms with Crippen molar-refractivity contribution in [2.45, 2.75) is 0 Å². The van der Waals surface area contributed by atoms with Gasteiger partial charge in [-0.15, -0.1) is 4.73 Å². The fraction of sp³-hybridized carbons (Fsp3) is 0. The first kappa shape index (κ1) is 9.48. The predicted octanol–water partition coefficient (Wildman–Crippen LogP) is -2.23. The highest BCUT2D eigenvalue weighted by Crippen LogP contribution is 1.77. The third-order valence-corrected chi connectivity index (χ3v) is 1.32. The minimum atomic E-state index is -4.77. The van der Waals surface area contributed by atoms with Crippen LogP contribution in [0.1, 0.15) is 0 Å². The zero-order valence-electron chi connectivity index (χ0n) is 6.00. The van der Waals surface area contributed by atoms with Gasteiger partial charge in [0.15, 0.2) is 0 Å². The van der Waals surface area contributed by atoms with Gasteiger partial charge in [-0.3, -0.25) is 18.6 Å². The third-order valence-electron chi connectivity index (χ3n) is 0.966. The van der Waals surface area contributed by atoms with E-state index in [4.69, 9.17) is 4.55 Å². The Kier molecular flexibility index (Phi) is 2.21. The van der Waals surface area contributed by atoms with Crippen LogP contribution in [0.15, 0.2) is 21.9 Å². The van der Waals surface area contributed by atoms with Crippen molar-refractivity contribution in [1.29, 1.82) is 0 Å². The second kappa shape index (κ2) is 3.03. The van der Waals surface area contributed by atoms with Gasteiger partial charge in [0.2, 0.25) is 0 Å².